The van der Waals surface area contributed by atoms with E-state index in [2.05, 4.69) is 5.10 Å². The van der Waals surface area contributed by atoms with Crippen LogP contribution in [-0.4, -0.2) is 37.3 Å². The minimum atomic E-state index is -3.44. The van der Waals surface area contributed by atoms with E-state index in [1.54, 1.807) is 17.7 Å². The van der Waals surface area contributed by atoms with E-state index in [4.69, 9.17) is 4.74 Å². The highest BCUT2D eigenvalue weighted by Gasteiger charge is 2.25. The van der Waals surface area contributed by atoms with Gasteiger partial charge in [-0.1, -0.05) is 5.57 Å². The maximum Gasteiger partial charge on any atom is 0.223 e. The van der Waals surface area contributed by atoms with Crippen molar-refractivity contribution in [2.24, 2.45) is 0 Å². The second-order valence-corrected chi connectivity index (χ2v) is 8.70. The summed E-state index contributed by atoms with van der Waals surface area (Å²) in [6.07, 6.45) is 2.67. The SMILES string of the molecule is CCn1ncc(C(=O)c2ccc(S(C)(=O)=O)c(C(C)=C(C)C)c2C)c1OC. The molecular weight excluding hydrogens is 364 g/mol. The zero-order valence-electron chi connectivity index (χ0n) is 16.9. The van der Waals surface area contributed by atoms with Crippen LogP contribution in [0.2, 0.25) is 0 Å². The van der Waals surface area contributed by atoms with Gasteiger partial charge in [-0.25, -0.2) is 13.1 Å². The van der Waals surface area contributed by atoms with Gasteiger partial charge in [-0.3, -0.25) is 4.79 Å². The third kappa shape index (κ3) is 3.83. The van der Waals surface area contributed by atoms with Crippen LogP contribution >= 0.6 is 0 Å². The van der Waals surface area contributed by atoms with Gasteiger partial charge in [0.2, 0.25) is 5.88 Å². The third-order valence-corrected chi connectivity index (χ3v) is 5.86. The lowest BCUT2D eigenvalue weighted by Gasteiger charge is -2.17. The predicted molar refractivity (Wildman–Crippen MR) is 106 cm³/mol. The summed E-state index contributed by atoms with van der Waals surface area (Å²) in [5.41, 5.74) is 3.85. The van der Waals surface area contributed by atoms with E-state index in [0.717, 1.165) is 11.1 Å². The first-order valence-corrected chi connectivity index (χ1v) is 10.6. The first kappa shape index (κ1) is 20.9. The smallest absolute Gasteiger partial charge is 0.223 e. The minimum Gasteiger partial charge on any atom is -0.481 e. The molecule has 0 aliphatic rings. The van der Waals surface area contributed by atoms with Crippen molar-refractivity contribution in [2.75, 3.05) is 13.4 Å². The molecular formula is C20H26N2O4S. The van der Waals surface area contributed by atoms with Crippen LogP contribution < -0.4 is 4.74 Å². The zero-order chi connectivity index (χ0) is 20.5. The minimum absolute atomic E-state index is 0.228. The maximum atomic E-state index is 13.2. The second-order valence-electron chi connectivity index (χ2n) is 6.72. The molecule has 0 spiro atoms. The number of aryl methyl sites for hydroxylation is 1. The number of carbonyl (C=O) groups is 1. The Morgan fingerprint density at radius 3 is 2.30 bits per heavy atom. The molecule has 146 valence electrons. The van der Waals surface area contributed by atoms with Crippen LogP contribution in [0, 0.1) is 6.92 Å². The molecule has 0 radical (unpaired) electrons. The van der Waals surface area contributed by atoms with Crippen molar-refractivity contribution in [1.29, 1.82) is 0 Å². The first-order valence-electron chi connectivity index (χ1n) is 8.67. The lowest BCUT2D eigenvalue weighted by Crippen LogP contribution is -2.11. The van der Waals surface area contributed by atoms with Crippen LogP contribution in [0.15, 0.2) is 28.8 Å². The second kappa shape index (κ2) is 7.68. The number of allylic oxidation sites excluding steroid dienone is 2. The number of rotatable bonds is 6. The van der Waals surface area contributed by atoms with E-state index in [9.17, 15) is 13.2 Å². The topological polar surface area (TPSA) is 78.3 Å². The molecule has 1 aromatic carbocycles. The molecule has 0 saturated carbocycles. The molecule has 0 atom stereocenters. The molecule has 1 aromatic heterocycles. The number of ether oxygens (including phenoxy) is 1. The number of carbonyl (C=O) groups excluding carboxylic acids is 1. The molecule has 0 unspecified atom stereocenters. The van der Waals surface area contributed by atoms with Crippen LogP contribution in [0.5, 0.6) is 5.88 Å². The van der Waals surface area contributed by atoms with Crippen molar-refractivity contribution >= 4 is 21.2 Å². The summed E-state index contributed by atoms with van der Waals surface area (Å²) in [5.74, 6) is 0.154. The van der Waals surface area contributed by atoms with Crippen molar-refractivity contribution in [3.8, 4) is 5.88 Å². The zero-order valence-corrected chi connectivity index (χ0v) is 17.7. The monoisotopic (exact) mass is 390 g/mol. The van der Waals surface area contributed by atoms with Gasteiger partial charge in [0.15, 0.2) is 15.6 Å². The summed E-state index contributed by atoms with van der Waals surface area (Å²) in [7, 11) is -1.94. The standard InChI is InChI=1S/C20H26N2O4S/c1-8-22-20(26-6)16(11-21-22)19(23)15-9-10-17(27(7,24)25)18(14(15)5)13(4)12(2)3/h9-11H,8H2,1-7H3. The normalized spacial score (nSPS) is 11.4. The van der Waals surface area contributed by atoms with Crippen LogP contribution in [0.3, 0.4) is 0 Å². The molecule has 0 aliphatic carbocycles. The molecule has 0 N–H and O–H groups in total. The maximum absolute atomic E-state index is 13.2. The summed E-state index contributed by atoms with van der Waals surface area (Å²) in [4.78, 5) is 13.4. The molecule has 0 fully saturated rings. The third-order valence-electron chi connectivity index (χ3n) is 4.72. The average Bonchev–Trinajstić information content (AvgIpc) is 3.02. The van der Waals surface area contributed by atoms with Crippen molar-refractivity contribution in [3.63, 3.8) is 0 Å². The van der Waals surface area contributed by atoms with E-state index >= 15 is 0 Å². The molecule has 2 aromatic rings. The van der Waals surface area contributed by atoms with Crippen molar-refractivity contribution in [2.45, 2.75) is 46.1 Å². The number of aromatic nitrogens is 2. The Balaban J connectivity index is 2.77. The van der Waals surface area contributed by atoms with E-state index < -0.39 is 9.84 Å². The number of ketones is 1. The summed E-state index contributed by atoms with van der Waals surface area (Å²) >= 11 is 0. The Morgan fingerprint density at radius 1 is 1.19 bits per heavy atom. The van der Waals surface area contributed by atoms with Crippen molar-refractivity contribution < 1.29 is 17.9 Å². The molecule has 2 rings (SSSR count). The van der Waals surface area contributed by atoms with Crippen LogP contribution in [0.1, 0.15) is 54.7 Å². The van der Waals surface area contributed by atoms with Gasteiger partial charge in [0, 0.05) is 18.4 Å². The van der Waals surface area contributed by atoms with E-state index in [1.807, 2.05) is 27.7 Å². The molecule has 0 aliphatic heterocycles. The largest absolute Gasteiger partial charge is 0.481 e. The van der Waals surface area contributed by atoms with Gasteiger partial charge in [0.05, 0.1) is 18.2 Å². The number of nitrogens with zero attached hydrogens (tertiary/aromatic N) is 2. The van der Waals surface area contributed by atoms with Gasteiger partial charge in [-0.2, -0.15) is 5.10 Å². The average molecular weight is 391 g/mol. The van der Waals surface area contributed by atoms with E-state index in [-0.39, 0.29) is 10.7 Å². The van der Waals surface area contributed by atoms with Gasteiger partial charge in [0.1, 0.15) is 5.56 Å². The highest BCUT2D eigenvalue weighted by Crippen LogP contribution is 2.33. The Morgan fingerprint density at radius 2 is 1.81 bits per heavy atom. The number of sulfone groups is 1. The summed E-state index contributed by atoms with van der Waals surface area (Å²) in [5, 5.41) is 4.19. The van der Waals surface area contributed by atoms with Gasteiger partial charge >= 0.3 is 0 Å². The van der Waals surface area contributed by atoms with Crippen LogP contribution in [0.25, 0.3) is 5.57 Å². The number of benzene rings is 1. The molecule has 0 bridgehead atoms. The van der Waals surface area contributed by atoms with Gasteiger partial charge in [-0.15, -0.1) is 0 Å². The Hall–Kier alpha value is -2.41. The van der Waals surface area contributed by atoms with Crippen molar-refractivity contribution in [3.05, 3.63) is 46.2 Å². The lowest BCUT2D eigenvalue weighted by atomic mass is 9.91. The fourth-order valence-corrected chi connectivity index (χ4v) is 4.07. The first-order chi connectivity index (χ1) is 12.5. The summed E-state index contributed by atoms with van der Waals surface area (Å²) in [6, 6.07) is 3.08. The summed E-state index contributed by atoms with van der Waals surface area (Å²) < 4.78 is 31.5. The summed E-state index contributed by atoms with van der Waals surface area (Å²) in [6.45, 7) is 9.97. The number of methoxy groups -OCH3 is 1. The highest BCUT2D eigenvalue weighted by atomic mass is 32.2. The molecule has 6 nitrogen and oxygen atoms in total. The molecule has 7 heteroatoms. The molecule has 0 saturated heterocycles. The predicted octanol–water partition coefficient (Wildman–Crippen LogP) is 3.67. The van der Waals surface area contributed by atoms with Crippen LogP contribution in [0.4, 0.5) is 0 Å². The van der Waals surface area contributed by atoms with E-state index in [1.165, 1.54) is 25.6 Å². The van der Waals surface area contributed by atoms with Crippen molar-refractivity contribution in [1.82, 2.24) is 9.78 Å². The Labute approximate surface area is 160 Å². The van der Waals surface area contributed by atoms with Gasteiger partial charge in [-0.05, 0) is 63.5 Å². The van der Waals surface area contributed by atoms with E-state index in [0.29, 0.717) is 34.7 Å². The Kier molecular flexibility index (Phi) is 5.94. The fourth-order valence-electron chi connectivity index (χ4n) is 3.07. The molecule has 0 amide bonds. The van der Waals surface area contributed by atoms with Gasteiger partial charge in [0.25, 0.3) is 0 Å². The molecule has 27 heavy (non-hydrogen) atoms. The number of hydrogen-bond donors (Lipinski definition) is 0. The number of hydrogen-bond acceptors (Lipinski definition) is 5. The lowest BCUT2D eigenvalue weighted by molar-refractivity contribution is 0.103. The molecule has 1 heterocycles. The fraction of sp³-hybridized carbons (Fsp3) is 0.400. The highest BCUT2D eigenvalue weighted by molar-refractivity contribution is 7.90. The van der Waals surface area contributed by atoms with Gasteiger partial charge < -0.3 is 4.74 Å². The quantitative estimate of drug-likeness (QED) is 0.703. The van der Waals surface area contributed by atoms with Crippen LogP contribution in [-0.2, 0) is 16.4 Å². The Bertz CT molecular complexity index is 1030.